The smallest absolute Gasteiger partial charge is 0.338 e. The first-order valence-corrected chi connectivity index (χ1v) is 6.06. The molecule has 0 aliphatic carbocycles. The Morgan fingerprint density at radius 3 is 2.84 bits per heavy atom. The van der Waals surface area contributed by atoms with Gasteiger partial charge >= 0.3 is 12.0 Å². The van der Waals surface area contributed by atoms with Crippen LogP contribution in [0.25, 0.3) is 0 Å². The molecule has 3 N–H and O–H groups in total. The maximum atomic E-state index is 11.8. The number of hydrogen-bond acceptors (Lipinski definition) is 3. The van der Waals surface area contributed by atoms with Crippen LogP contribution in [-0.4, -0.2) is 36.4 Å². The van der Waals surface area contributed by atoms with E-state index >= 15 is 0 Å². The quantitative estimate of drug-likeness (QED) is 0.773. The molecule has 6 nitrogen and oxygen atoms in total. The number of aryl methyl sites for hydroxylation is 1. The lowest BCUT2D eigenvalue weighted by Crippen LogP contribution is -2.38. The number of aromatic carboxylic acids is 1. The fourth-order valence-electron chi connectivity index (χ4n) is 2.05. The van der Waals surface area contributed by atoms with Crippen LogP contribution < -0.4 is 10.6 Å². The summed E-state index contributed by atoms with van der Waals surface area (Å²) in [6.45, 7) is 2.82. The van der Waals surface area contributed by atoms with Gasteiger partial charge in [0.15, 0.2) is 0 Å². The summed E-state index contributed by atoms with van der Waals surface area (Å²) in [4.78, 5) is 23.0. The summed E-state index contributed by atoms with van der Waals surface area (Å²) in [6.07, 6.45) is 0.771. The number of amides is 2. The van der Waals surface area contributed by atoms with E-state index in [1.54, 1.807) is 25.1 Å². The highest BCUT2D eigenvalue weighted by molar-refractivity contribution is 6.01. The minimum atomic E-state index is -1.06. The molecule has 1 aromatic rings. The summed E-state index contributed by atoms with van der Waals surface area (Å²) in [5.41, 5.74) is 1.01. The molecule has 1 heterocycles. The van der Waals surface area contributed by atoms with Crippen LogP contribution >= 0.6 is 0 Å². The molecule has 1 saturated heterocycles. The van der Waals surface area contributed by atoms with E-state index in [9.17, 15) is 9.59 Å². The maximum absolute atomic E-state index is 11.8. The van der Waals surface area contributed by atoms with Gasteiger partial charge in [0.25, 0.3) is 0 Å². The van der Waals surface area contributed by atoms with Gasteiger partial charge in [-0.1, -0.05) is 12.1 Å². The second kappa shape index (κ2) is 5.71. The predicted octanol–water partition coefficient (Wildman–Crippen LogP) is 1.60. The molecule has 1 aromatic carbocycles. The summed E-state index contributed by atoms with van der Waals surface area (Å²) in [5, 5.41) is 14.5. The fraction of sp³-hybridized carbons (Fsp3) is 0.385. The number of rotatable bonds is 3. The van der Waals surface area contributed by atoms with E-state index in [1.165, 1.54) is 0 Å². The molecule has 1 atom stereocenters. The zero-order valence-electron chi connectivity index (χ0n) is 10.6. The lowest BCUT2D eigenvalue weighted by atomic mass is 10.1. The molecular formula is C13H16N2O4. The molecule has 1 unspecified atom stereocenters. The number of carbonyl (C=O) groups excluding carboxylic acids is 1. The zero-order valence-corrected chi connectivity index (χ0v) is 10.6. The van der Waals surface area contributed by atoms with Crippen molar-refractivity contribution in [2.45, 2.75) is 19.4 Å². The van der Waals surface area contributed by atoms with Crippen LogP contribution in [0.3, 0.4) is 0 Å². The van der Waals surface area contributed by atoms with Crippen LogP contribution in [0.1, 0.15) is 22.3 Å². The Labute approximate surface area is 110 Å². The first-order valence-electron chi connectivity index (χ1n) is 6.06. The van der Waals surface area contributed by atoms with Crippen molar-refractivity contribution in [3.05, 3.63) is 29.3 Å². The van der Waals surface area contributed by atoms with E-state index in [0.29, 0.717) is 24.5 Å². The van der Waals surface area contributed by atoms with Crippen LogP contribution in [0.4, 0.5) is 10.5 Å². The van der Waals surface area contributed by atoms with Crippen LogP contribution in [-0.2, 0) is 4.74 Å². The average Bonchev–Trinajstić information content (AvgIpc) is 2.81. The molecule has 2 amide bonds. The van der Waals surface area contributed by atoms with E-state index in [2.05, 4.69) is 10.6 Å². The summed E-state index contributed by atoms with van der Waals surface area (Å²) >= 11 is 0. The van der Waals surface area contributed by atoms with E-state index in [4.69, 9.17) is 9.84 Å². The van der Waals surface area contributed by atoms with Crippen LogP contribution in [0, 0.1) is 6.92 Å². The number of ether oxygens (including phenoxy) is 1. The Hall–Kier alpha value is -2.08. The minimum absolute atomic E-state index is 0.0157. The first kappa shape index (κ1) is 13.4. The number of nitrogens with one attached hydrogen (secondary N) is 2. The molecule has 0 radical (unpaired) electrons. The Balaban J connectivity index is 2.07. The van der Waals surface area contributed by atoms with Crippen molar-refractivity contribution in [1.29, 1.82) is 0 Å². The van der Waals surface area contributed by atoms with Crippen molar-refractivity contribution in [2.24, 2.45) is 0 Å². The number of anilines is 1. The number of carbonyl (C=O) groups is 2. The molecule has 1 fully saturated rings. The van der Waals surface area contributed by atoms with Gasteiger partial charge in [-0.3, -0.25) is 0 Å². The zero-order chi connectivity index (χ0) is 13.8. The summed E-state index contributed by atoms with van der Waals surface area (Å²) in [5.74, 6) is -1.06. The Morgan fingerprint density at radius 1 is 1.42 bits per heavy atom. The Kier molecular flexibility index (Phi) is 4.01. The molecule has 1 aliphatic heterocycles. The van der Waals surface area contributed by atoms with Gasteiger partial charge < -0.3 is 20.5 Å². The van der Waals surface area contributed by atoms with Gasteiger partial charge in [-0.05, 0) is 25.0 Å². The van der Waals surface area contributed by atoms with Crippen molar-refractivity contribution in [3.63, 3.8) is 0 Å². The molecule has 19 heavy (non-hydrogen) atoms. The normalized spacial score (nSPS) is 18.1. The third kappa shape index (κ3) is 3.23. The van der Waals surface area contributed by atoms with E-state index in [1.807, 2.05) is 0 Å². The van der Waals surface area contributed by atoms with Gasteiger partial charge in [0.2, 0.25) is 0 Å². The largest absolute Gasteiger partial charge is 0.478 e. The van der Waals surface area contributed by atoms with Crippen molar-refractivity contribution in [2.75, 3.05) is 18.5 Å². The van der Waals surface area contributed by atoms with Crippen molar-refractivity contribution in [3.8, 4) is 0 Å². The van der Waals surface area contributed by atoms with E-state index < -0.39 is 12.0 Å². The second-order valence-electron chi connectivity index (χ2n) is 4.46. The topological polar surface area (TPSA) is 87.7 Å². The predicted molar refractivity (Wildman–Crippen MR) is 69.5 cm³/mol. The maximum Gasteiger partial charge on any atom is 0.338 e. The van der Waals surface area contributed by atoms with Gasteiger partial charge in [-0.2, -0.15) is 0 Å². The molecule has 0 saturated carbocycles. The number of carboxylic acids is 1. The van der Waals surface area contributed by atoms with Gasteiger partial charge in [-0.25, -0.2) is 9.59 Å². The highest BCUT2D eigenvalue weighted by Gasteiger charge is 2.19. The molecule has 0 spiro atoms. The highest BCUT2D eigenvalue weighted by atomic mass is 16.5. The van der Waals surface area contributed by atoms with Crippen molar-refractivity contribution in [1.82, 2.24) is 5.32 Å². The van der Waals surface area contributed by atoms with Gasteiger partial charge in [0.1, 0.15) is 0 Å². The van der Waals surface area contributed by atoms with Gasteiger partial charge in [0, 0.05) is 6.61 Å². The highest BCUT2D eigenvalue weighted by Crippen LogP contribution is 2.19. The van der Waals surface area contributed by atoms with Crippen LogP contribution in [0.2, 0.25) is 0 Å². The lowest BCUT2D eigenvalue weighted by molar-refractivity contribution is 0.0697. The molecule has 102 valence electrons. The SMILES string of the molecule is Cc1cccc(NC(=O)NC2CCOC2)c1C(=O)O. The third-order valence-corrected chi connectivity index (χ3v) is 3.00. The number of urea groups is 1. The lowest BCUT2D eigenvalue weighted by Gasteiger charge is -2.14. The van der Waals surface area contributed by atoms with Gasteiger partial charge in [0.05, 0.1) is 23.9 Å². The first-order chi connectivity index (χ1) is 9.08. The number of benzene rings is 1. The summed E-state index contributed by atoms with van der Waals surface area (Å²) in [7, 11) is 0. The molecule has 0 bridgehead atoms. The molecule has 6 heteroatoms. The van der Waals surface area contributed by atoms with Crippen molar-refractivity contribution >= 4 is 17.7 Å². The Morgan fingerprint density at radius 2 is 2.21 bits per heavy atom. The van der Waals surface area contributed by atoms with E-state index in [0.717, 1.165) is 6.42 Å². The molecule has 2 rings (SSSR count). The van der Waals surface area contributed by atoms with Crippen molar-refractivity contribution < 1.29 is 19.4 Å². The number of hydrogen-bond donors (Lipinski definition) is 3. The monoisotopic (exact) mass is 264 g/mol. The second-order valence-corrected chi connectivity index (χ2v) is 4.46. The molecule has 1 aliphatic rings. The molecular weight excluding hydrogens is 248 g/mol. The number of carboxylic acid groups (broad SMARTS) is 1. The Bertz CT molecular complexity index is 495. The van der Waals surface area contributed by atoms with Crippen LogP contribution in [0.5, 0.6) is 0 Å². The standard InChI is InChI=1S/C13H16N2O4/c1-8-3-2-4-10(11(8)12(16)17)15-13(18)14-9-5-6-19-7-9/h2-4,9H,5-7H2,1H3,(H,16,17)(H2,14,15,18). The van der Waals surface area contributed by atoms with Gasteiger partial charge in [-0.15, -0.1) is 0 Å². The minimum Gasteiger partial charge on any atom is -0.478 e. The summed E-state index contributed by atoms with van der Waals surface area (Å²) in [6, 6.07) is 4.54. The fourth-order valence-corrected chi connectivity index (χ4v) is 2.05. The average molecular weight is 264 g/mol. The third-order valence-electron chi connectivity index (χ3n) is 3.00. The summed E-state index contributed by atoms with van der Waals surface area (Å²) < 4.78 is 5.15. The van der Waals surface area contributed by atoms with Crippen LogP contribution in [0.15, 0.2) is 18.2 Å². The van der Waals surface area contributed by atoms with E-state index in [-0.39, 0.29) is 11.6 Å². The molecule has 0 aromatic heterocycles.